The van der Waals surface area contributed by atoms with Gasteiger partial charge < -0.3 is 14.8 Å². The summed E-state index contributed by atoms with van der Waals surface area (Å²) in [6.45, 7) is 4.98. The first-order valence-corrected chi connectivity index (χ1v) is 9.56. The van der Waals surface area contributed by atoms with Gasteiger partial charge in [-0.3, -0.25) is 19.9 Å². The molecule has 1 heterocycles. The zero-order chi connectivity index (χ0) is 22.5. The van der Waals surface area contributed by atoms with Gasteiger partial charge in [-0.15, -0.1) is 0 Å². The van der Waals surface area contributed by atoms with Gasteiger partial charge in [-0.1, -0.05) is 18.2 Å². The van der Waals surface area contributed by atoms with E-state index >= 15 is 0 Å². The number of nitrogens with one attached hydrogen (secondary N) is 1. The van der Waals surface area contributed by atoms with Crippen LogP contribution < -0.4 is 10.1 Å². The number of ether oxygens (including phenoxy) is 2. The van der Waals surface area contributed by atoms with E-state index in [1.54, 1.807) is 20.8 Å². The predicted octanol–water partition coefficient (Wildman–Crippen LogP) is 3.95. The van der Waals surface area contributed by atoms with Gasteiger partial charge in [0, 0.05) is 5.39 Å². The summed E-state index contributed by atoms with van der Waals surface area (Å²) in [5.74, 6) is -1.08. The predicted molar refractivity (Wildman–Crippen MR) is 114 cm³/mol. The van der Waals surface area contributed by atoms with E-state index in [9.17, 15) is 19.7 Å². The van der Waals surface area contributed by atoms with Crippen molar-refractivity contribution in [2.24, 2.45) is 0 Å². The van der Waals surface area contributed by atoms with Crippen LogP contribution in [0.25, 0.3) is 10.9 Å². The number of aromatic nitrogens is 1. The minimum absolute atomic E-state index is 0.0192. The van der Waals surface area contributed by atoms with Crippen LogP contribution in [0.3, 0.4) is 0 Å². The second kappa shape index (κ2) is 9.21. The molecule has 0 unspecified atom stereocenters. The molecule has 0 radical (unpaired) electrons. The van der Waals surface area contributed by atoms with Crippen LogP contribution in [0.15, 0.2) is 42.5 Å². The van der Waals surface area contributed by atoms with E-state index in [-0.39, 0.29) is 11.4 Å². The number of amides is 1. The molecule has 1 N–H and O–H groups in total. The molecule has 160 valence electrons. The molecule has 3 aromatic rings. The van der Waals surface area contributed by atoms with Gasteiger partial charge in [0.2, 0.25) is 0 Å². The van der Waals surface area contributed by atoms with Gasteiger partial charge in [-0.25, -0.2) is 4.79 Å². The number of rotatable bonds is 7. The molecular formula is C22H21N3O6. The molecule has 0 spiro atoms. The number of hydrogen-bond donors (Lipinski definition) is 1. The Bertz CT molecular complexity index is 1180. The fourth-order valence-electron chi connectivity index (χ4n) is 3.25. The molecule has 0 aliphatic carbocycles. The van der Waals surface area contributed by atoms with E-state index in [1.807, 2.05) is 24.3 Å². The summed E-state index contributed by atoms with van der Waals surface area (Å²) in [4.78, 5) is 40.0. The minimum atomic E-state index is -0.704. The van der Waals surface area contributed by atoms with E-state index in [1.165, 1.54) is 18.2 Å². The first-order chi connectivity index (χ1) is 14.8. The number of aryl methyl sites for hydroxylation is 2. The molecule has 0 bridgehead atoms. The number of anilines is 1. The average molecular weight is 423 g/mol. The van der Waals surface area contributed by atoms with Crippen LogP contribution in [-0.4, -0.2) is 35.0 Å². The number of para-hydroxylation sites is 1. The minimum Gasteiger partial charge on any atom is -0.494 e. The van der Waals surface area contributed by atoms with Crippen LogP contribution in [0.4, 0.5) is 11.4 Å². The number of nitro benzene ring substituents is 1. The lowest BCUT2D eigenvalue weighted by Crippen LogP contribution is -2.22. The fourth-order valence-corrected chi connectivity index (χ4v) is 3.25. The van der Waals surface area contributed by atoms with Crippen molar-refractivity contribution in [2.75, 3.05) is 18.5 Å². The lowest BCUT2D eigenvalue weighted by atomic mass is 10.0. The topological polar surface area (TPSA) is 121 Å². The highest BCUT2D eigenvalue weighted by Crippen LogP contribution is 2.29. The normalized spacial score (nSPS) is 10.5. The fraction of sp³-hybridized carbons (Fsp3) is 0.227. The summed E-state index contributed by atoms with van der Waals surface area (Å²) >= 11 is 0. The summed E-state index contributed by atoms with van der Waals surface area (Å²) in [7, 11) is 0. The average Bonchev–Trinajstić information content (AvgIpc) is 2.73. The van der Waals surface area contributed by atoms with E-state index in [0.29, 0.717) is 29.2 Å². The number of fused-ring (bicyclic) bond motifs is 1. The van der Waals surface area contributed by atoms with Crippen LogP contribution in [0.2, 0.25) is 0 Å². The summed E-state index contributed by atoms with van der Waals surface area (Å²) in [5, 5.41) is 14.5. The number of carbonyl (C=O) groups excluding carboxylic acids is 2. The molecule has 1 amide bonds. The van der Waals surface area contributed by atoms with E-state index in [4.69, 9.17) is 9.47 Å². The van der Waals surface area contributed by atoms with Crippen LogP contribution in [0, 0.1) is 24.0 Å². The van der Waals surface area contributed by atoms with Gasteiger partial charge >= 0.3 is 5.97 Å². The molecule has 1 aromatic heterocycles. The van der Waals surface area contributed by atoms with E-state index in [2.05, 4.69) is 10.3 Å². The van der Waals surface area contributed by atoms with Crippen molar-refractivity contribution in [2.45, 2.75) is 20.8 Å². The van der Waals surface area contributed by atoms with Crippen molar-refractivity contribution in [1.82, 2.24) is 4.98 Å². The third-order valence-electron chi connectivity index (χ3n) is 4.62. The van der Waals surface area contributed by atoms with Gasteiger partial charge in [-0.2, -0.15) is 0 Å². The zero-order valence-electron chi connectivity index (χ0n) is 17.3. The lowest BCUT2D eigenvalue weighted by Gasteiger charge is -2.12. The Morgan fingerprint density at radius 1 is 1.16 bits per heavy atom. The monoisotopic (exact) mass is 423 g/mol. The van der Waals surface area contributed by atoms with Gasteiger partial charge in [0.1, 0.15) is 11.4 Å². The van der Waals surface area contributed by atoms with Crippen molar-refractivity contribution >= 4 is 34.2 Å². The van der Waals surface area contributed by atoms with Crippen molar-refractivity contribution < 1.29 is 24.0 Å². The third-order valence-corrected chi connectivity index (χ3v) is 4.62. The molecule has 2 aromatic carbocycles. The number of pyridine rings is 1. The van der Waals surface area contributed by atoms with Gasteiger partial charge in [0.15, 0.2) is 6.61 Å². The molecule has 31 heavy (non-hydrogen) atoms. The number of esters is 1. The molecule has 0 fully saturated rings. The van der Waals surface area contributed by atoms with Crippen LogP contribution >= 0.6 is 0 Å². The quantitative estimate of drug-likeness (QED) is 0.347. The summed E-state index contributed by atoms with van der Waals surface area (Å²) < 4.78 is 10.4. The maximum Gasteiger partial charge on any atom is 0.340 e. The molecule has 0 aliphatic rings. The maximum atomic E-state index is 12.6. The Labute approximate surface area is 178 Å². The molecule has 0 aliphatic heterocycles. The molecule has 0 saturated carbocycles. The van der Waals surface area contributed by atoms with Crippen LogP contribution in [0.5, 0.6) is 5.75 Å². The molecule has 0 atom stereocenters. The second-order valence-electron chi connectivity index (χ2n) is 6.71. The Hall–Kier alpha value is -4.01. The Balaban J connectivity index is 1.72. The van der Waals surface area contributed by atoms with Crippen molar-refractivity contribution in [3.05, 3.63) is 69.4 Å². The van der Waals surface area contributed by atoms with E-state index in [0.717, 1.165) is 10.9 Å². The smallest absolute Gasteiger partial charge is 0.340 e. The Morgan fingerprint density at radius 2 is 1.90 bits per heavy atom. The summed E-state index contributed by atoms with van der Waals surface area (Å²) in [5.41, 5.74) is 1.90. The molecular weight excluding hydrogens is 402 g/mol. The number of benzene rings is 2. The summed E-state index contributed by atoms with van der Waals surface area (Å²) in [6, 6.07) is 11.5. The van der Waals surface area contributed by atoms with Gasteiger partial charge in [-0.05, 0) is 44.5 Å². The maximum absolute atomic E-state index is 12.6. The highest BCUT2D eigenvalue weighted by molar-refractivity contribution is 6.00. The SMILES string of the molecule is CCOc1ccc(NC(=O)COC(=O)c2c(C)nc3ccccc3c2C)c([N+](=O)[O-])c1. The Morgan fingerprint density at radius 3 is 2.61 bits per heavy atom. The largest absolute Gasteiger partial charge is 0.494 e. The number of nitro groups is 1. The number of nitrogens with zero attached hydrogens (tertiary/aromatic N) is 2. The van der Waals surface area contributed by atoms with E-state index < -0.39 is 23.4 Å². The van der Waals surface area contributed by atoms with Gasteiger partial charge in [0.05, 0.1) is 34.4 Å². The van der Waals surface area contributed by atoms with Gasteiger partial charge in [0.25, 0.3) is 11.6 Å². The number of carbonyl (C=O) groups is 2. The highest BCUT2D eigenvalue weighted by Gasteiger charge is 2.21. The first kappa shape index (κ1) is 21.7. The zero-order valence-corrected chi connectivity index (χ0v) is 17.3. The molecule has 0 saturated heterocycles. The van der Waals surface area contributed by atoms with Crippen molar-refractivity contribution in [1.29, 1.82) is 0 Å². The van der Waals surface area contributed by atoms with Crippen molar-refractivity contribution in [3.63, 3.8) is 0 Å². The third kappa shape index (κ3) is 4.77. The molecule has 9 heteroatoms. The second-order valence-corrected chi connectivity index (χ2v) is 6.71. The molecule has 3 rings (SSSR count). The Kier molecular flexibility index (Phi) is 6.44. The summed E-state index contributed by atoms with van der Waals surface area (Å²) in [6.07, 6.45) is 0. The highest BCUT2D eigenvalue weighted by atomic mass is 16.6. The van der Waals surface area contributed by atoms with Crippen LogP contribution in [-0.2, 0) is 9.53 Å². The first-order valence-electron chi connectivity index (χ1n) is 9.56. The van der Waals surface area contributed by atoms with Crippen molar-refractivity contribution in [3.8, 4) is 5.75 Å². The molecule has 9 nitrogen and oxygen atoms in total. The standard InChI is InChI=1S/C22H21N3O6/c1-4-30-15-9-10-18(19(11-15)25(28)29)24-20(26)12-31-22(27)21-13(2)16-7-5-6-8-17(16)23-14(21)3/h5-11H,4,12H2,1-3H3,(H,24,26). The number of hydrogen-bond acceptors (Lipinski definition) is 7. The van der Waals surface area contributed by atoms with Crippen LogP contribution in [0.1, 0.15) is 28.5 Å². The lowest BCUT2D eigenvalue weighted by molar-refractivity contribution is -0.384.